The summed E-state index contributed by atoms with van der Waals surface area (Å²) in [5.41, 5.74) is 7.14. The average Bonchev–Trinajstić information content (AvgIpc) is 2.65. The SMILES string of the molecule is Cc1cc(N)c(N2CC(S(=O)(=O)F)CC2=O)cc1Cl. The van der Waals surface area contributed by atoms with Gasteiger partial charge in [0.25, 0.3) is 0 Å². The van der Waals surface area contributed by atoms with Crippen LogP contribution in [-0.2, 0) is 15.0 Å². The van der Waals surface area contributed by atoms with Crippen LogP contribution < -0.4 is 10.6 Å². The summed E-state index contributed by atoms with van der Waals surface area (Å²) in [7, 11) is -4.74. The molecule has 1 aliphatic rings. The van der Waals surface area contributed by atoms with Gasteiger partial charge in [-0.15, -0.1) is 3.89 Å². The van der Waals surface area contributed by atoms with Crippen molar-refractivity contribution in [3.63, 3.8) is 0 Å². The number of benzene rings is 1. The number of hydrogen-bond acceptors (Lipinski definition) is 4. The Balaban J connectivity index is 2.39. The first-order valence-corrected chi connectivity index (χ1v) is 7.32. The summed E-state index contributed by atoms with van der Waals surface area (Å²) in [4.78, 5) is 12.9. The van der Waals surface area contributed by atoms with Crippen molar-refractivity contribution >= 4 is 39.1 Å². The van der Waals surface area contributed by atoms with E-state index in [2.05, 4.69) is 0 Å². The predicted octanol–water partition coefficient (Wildman–Crippen LogP) is 1.64. The van der Waals surface area contributed by atoms with E-state index in [1.807, 2.05) is 0 Å². The standard InChI is InChI=1S/C11H12ClFN2O3S/c1-6-2-9(14)10(4-8(6)12)15-5-7(3-11(15)16)19(13,17)18/h2,4,7H,3,5,14H2,1H3. The van der Waals surface area contributed by atoms with Gasteiger partial charge in [0.1, 0.15) is 5.25 Å². The largest absolute Gasteiger partial charge is 0.397 e. The number of nitrogens with zero attached hydrogens (tertiary/aromatic N) is 1. The lowest BCUT2D eigenvalue weighted by Gasteiger charge is -2.19. The van der Waals surface area contributed by atoms with Gasteiger partial charge in [0.05, 0.1) is 11.4 Å². The Labute approximate surface area is 115 Å². The van der Waals surface area contributed by atoms with Crippen LogP contribution >= 0.6 is 11.6 Å². The third-order valence-electron chi connectivity index (χ3n) is 3.09. The van der Waals surface area contributed by atoms with E-state index in [9.17, 15) is 17.1 Å². The van der Waals surface area contributed by atoms with E-state index in [1.165, 1.54) is 6.07 Å². The Morgan fingerprint density at radius 2 is 2.11 bits per heavy atom. The van der Waals surface area contributed by atoms with Crippen molar-refractivity contribution in [1.29, 1.82) is 0 Å². The maximum Gasteiger partial charge on any atom is 0.307 e. The van der Waals surface area contributed by atoms with E-state index in [0.717, 1.165) is 10.5 Å². The Morgan fingerprint density at radius 3 is 2.63 bits per heavy atom. The first kappa shape index (κ1) is 14.1. The number of amides is 1. The zero-order chi connectivity index (χ0) is 14.4. The summed E-state index contributed by atoms with van der Waals surface area (Å²) in [6.45, 7) is 1.50. The number of halogens is 2. The smallest absolute Gasteiger partial charge is 0.307 e. The van der Waals surface area contributed by atoms with Crippen LogP contribution in [0, 0.1) is 6.92 Å². The van der Waals surface area contributed by atoms with Crippen LogP contribution in [0.15, 0.2) is 12.1 Å². The molecular weight excluding hydrogens is 295 g/mol. The molecule has 0 spiro atoms. The number of carbonyl (C=O) groups is 1. The van der Waals surface area contributed by atoms with Crippen molar-refractivity contribution in [2.24, 2.45) is 0 Å². The van der Waals surface area contributed by atoms with Gasteiger partial charge < -0.3 is 10.6 Å². The van der Waals surface area contributed by atoms with E-state index in [0.29, 0.717) is 16.4 Å². The Kier molecular flexibility index (Phi) is 3.44. The zero-order valence-electron chi connectivity index (χ0n) is 10.1. The molecule has 5 nitrogen and oxygen atoms in total. The number of anilines is 2. The number of rotatable bonds is 2. The highest BCUT2D eigenvalue weighted by Gasteiger charge is 2.39. The van der Waals surface area contributed by atoms with Gasteiger partial charge in [-0.1, -0.05) is 11.6 Å². The zero-order valence-corrected chi connectivity index (χ0v) is 11.6. The monoisotopic (exact) mass is 306 g/mol. The highest BCUT2D eigenvalue weighted by molar-refractivity contribution is 7.87. The van der Waals surface area contributed by atoms with Crippen molar-refractivity contribution in [3.8, 4) is 0 Å². The summed E-state index contributed by atoms with van der Waals surface area (Å²) >= 11 is 5.95. The molecule has 0 bridgehead atoms. The molecule has 19 heavy (non-hydrogen) atoms. The molecule has 1 atom stereocenters. The van der Waals surface area contributed by atoms with Crippen LogP contribution in [0.4, 0.5) is 15.3 Å². The highest BCUT2D eigenvalue weighted by Crippen LogP contribution is 2.33. The van der Waals surface area contributed by atoms with Crippen LogP contribution in [0.1, 0.15) is 12.0 Å². The first-order valence-electron chi connectivity index (χ1n) is 5.49. The minimum atomic E-state index is -4.74. The fourth-order valence-corrected chi connectivity index (χ4v) is 2.85. The van der Waals surface area contributed by atoms with Crippen LogP contribution in [-0.4, -0.2) is 26.1 Å². The summed E-state index contributed by atoms with van der Waals surface area (Å²) in [5.74, 6) is -0.488. The highest BCUT2D eigenvalue weighted by atomic mass is 35.5. The van der Waals surface area contributed by atoms with E-state index in [1.54, 1.807) is 13.0 Å². The van der Waals surface area contributed by atoms with E-state index in [-0.39, 0.29) is 13.0 Å². The third-order valence-corrected chi connectivity index (χ3v) is 4.61. The van der Waals surface area contributed by atoms with Crippen molar-refractivity contribution in [1.82, 2.24) is 0 Å². The average molecular weight is 307 g/mol. The van der Waals surface area contributed by atoms with Gasteiger partial charge in [-0.25, -0.2) is 0 Å². The number of nitrogens with two attached hydrogens (primary N) is 1. The second kappa shape index (κ2) is 4.64. The molecule has 2 N–H and O–H groups in total. The first-order chi connectivity index (χ1) is 8.70. The summed E-state index contributed by atoms with van der Waals surface area (Å²) in [6.07, 6.45) is -0.385. The lowest BCUT2D eigenvalue weighted by molar-refractivity contribution is -0.117. The molecule has 1 aliphatic heterocycles. The fourth-order valence-electron chi connectivity index (χ4n) is 2.02. The molecule has 0 radical (unpaired) electrons. The molecule has 1 aromatic carbocycles. The van der Waals surface area contributed by atoms with Gasteiger partial charge >= 0.3 is 10.2 Å². The molecule has 1 fully saturated rings. The molecule has 0 saturated carbocycles. The molecule has 0 aliphatic carbocycles. The maximum atomic E-state index is 12.9. The van der Waals surface area contributed by atoms with Gasteiger partial charge in [0.15, 0.2) is 0 Å². The van der Waals surface area contributed by atoms with Crippen molar-refractivity contribution < 1.29 is 17.1 Å². The molecule has 1 unspecified atom stereocenters. The van der Waals surface area contributed by atoms with Crippen LogP contribution in [0.2, 0.25) is 5.02 Å². The summed E-state index contributed by atoms with van der Waals surface area (Å²) in [6, 6.07) is 3.07. The van der Waals surface area contributed by atoms with Crippen LogP contribution in [0.25, 0.3) is 0 Å². The molecule has 8 heteroatoms. The summed E-state index contributed by atoms with van der Waals surface area (Å²) in [5, 5.41) is -0.942. The molecule has 0 aromatic heterocycles. The van der Waals surface area contributed by atoms with E-state index >= 15 is 0 Å². The van der Waals surface area contributed by atoms with Crippen LogP contribution in [0.5, 0.6) is 0 Å². The minimum Gasteiger partial charge on any atom is -0.397 e. The quantitative estimate of drug-likeness (QED) is 0.665. The Hall–Kier alpha value is -1.34. The molecular formula is C11H12ClFN2O3S. The Morgan fingerprint density at radius 1 is 1.47 bits per heavy atom. The van der Waals surface area contributed by atoms with Crippen molar-refractivity contribution in [2.45, 2.75) is 18.6 Å². The molecule has 1 aromatic rings. The molecule has 1 saturated heterocycles. The van der Waals surface area contributed by atoms with Gasteiger partial charge in [0, 0.05) is 18.0 Å². The van der Waals surface area contributed by atoms with E-state index in [4.69, 9.17) is 17.3 Å². The number of aryl methyl sites for hydroxylation is 1. The lowest BCUT2D eigenvalue weighted by Crippen LogP contribution is -2.27. The second-order valence-electron chi connectivity index (χ2n) is 4.47. The van der Waals surface area contributed by atoms with Gasteiger partial charge in [-0.3, -0.25) is 4.79 Å². The minimum absolute atomic E-state index is 0.249. The van der Waals surface area contributed by atoms with Gasteiger partial charge in [-0.05, 0) is 24.6 Å². The number of hydrogen-bond donors (Lipinski definition) is 1. The Bertz CT molecular complexity index is 648. The fraction of sp³-hybridized carbons (Fsp3) is 0.364. The lowest BCUT2D eigenvalue weighted by atomic mass is 10.2. The second-order valence-corrected chi connectivity index (χ2v) is 6.49. The van der Waals surface area contributed by atoms with Crippen molar-refractivity contribution in [3.05, 3.63) is 22.7 Å². The third kappa shape index (κ3) is 2.66. The molecule has 1 heterocycles. The van der Waals surface area contributed by atoms with Crippen molar-refractivity contribution in [2.75, 3.05) is 17.2 Å². The molecule has 2 rings (SSSR count). The predicted molar refractivity (Wildman–Crippen MR) is 71.4 cm³/mol. The van der Waals surface area contributed by atoms with E-state index < -0.39 is 21.4 Å². The number of nitrogen functional groups attached to an aromatic ring is 1. The molecule has 1 amide bonds. The van der Waals surface area contributed by atoms with Gasteiger partial charge in [-0.2, -0.15) is 8.42 Å². The molecule has 104 valence electrons. The number of carbonyl (C=O) groups excluding carboxylic acids is 1. The topological polar surface area (TPSA) is 80.5 Å². The normalized spacial score (nSPS) is 20.1. The van der Waals surface area contributed by atoms with Gasteiger partial charge in [0.2, 0.25) is 5.91 Å². The summed E-state index contributed by atoms with van der Waals surface area (Å²) < 4.78 is 34.7. The van der Waals surface area contributed by atoms with Crippen LogP contribution in [0.3, 0.4) is 0 Å². The maximum absolute atomic E-state index is 12.9.